The molecule has 1 atom stereocenters. The Kier molecular flexibility index (Phi) is 2.97. The number of nitriles is 1. The Morgan fingerprint density at radius 2 is 2.38 bits per heavy atom. The maximum atomic E-state index is 8.93. The van der Waals surface area contributed by atoms with Gasteiger partial charge >= 0.3 is 0 Å². The lowest BCUT2D eigenvalue weighted by molar-refractivity contribution is 0.0989. The van der Waals surface area contributed by atoms with E-state index >= 15 is 0 Å². The van der Waals surface area contributed by atoms with Crippen molar-refractivity contribution >= 4 is 11.4 Å². The van der Waals surface area contributed by atoms with Crippen LogP contribution in [0.15, 0.2) is 18.2 Å². The number of hydrogen-bond donors (Lipinski definition) is 1. The Balaban J connectivity index is 2.29. The van der Waals surface area contributed by atoms with E-state index in [2.05, 4.69) is 17.9 Å². The lowest BCUT2D eigenvalue weighted by atomic mass is 10.1. The van der Waals surface area contributed by atoms with E-state index in [1.807, 2.05) is 12.1 Å². The van der Waals surface area contributed by atoms with Crippen molar-refractivity contribution in [2.24, 2.45) is 0 Å². The van der Waals surface area contributed by atoms with Crippen LogP contribution in [0.5, 0.6) is 0 Å². The summed E-state index contributed by atoms with van der Waals surface area (Å²) in [5.41, 5.74) is 7.81. The number of benzene rings is 1. The second-order valence-corrected chi connectivity index (χ2v) is 4.00. The molecule has 1 aliphatic heterocycles. The van der Waals surface area contributed by atoms with Gasteiger partial charge in [0.05, 0.1) is 18.8 Å². The van der Waals surface area contributed by atoms with Crippen LogP contribution in [0.1, 0.15) is 12.5 Å². The molecule has 1 aromatic carbocycles. The van der Waals surface area contributed by atoms with Crippen molar-refractivity contribution in [2.45, 2.75) is 13.0 Å². The minimum atomic E-state index is 0.337. The molecule has 1 unspecified atom stereocenters. The van der Waals surface area contributed by atoms with E-state index in [1.54, 1.807) is 6.07 Å². The quantitative estimate of drug-likeness (QED) is 0.721. The number of anilines is 2. The highest BCUT2D eigenvalue weighted by Crippen LogP contribution is 2.23. The highest BCUT2D eigenvalue weighted by molar-refractivity contribution is 5.63. The van der Waals surface area contributed by atoms with Gasteiger partial charge in [0.25, 0.3) is 0 Å². The van der Waals surface area contributed by atoms with Crippen LogP contribution in [0, 0.1) is 11.3 Å². The van der Waals surface area contributed by atoms with E-state index in [1.165, 1.54) is 0 Å². The lowest BCUT2D eigenvalue weighted by Gasteiger charge is -2.35. The fourth-order valence-corrected chi connectivity index (χ4v) is 1.93. The van der Waals surface area contributed by atoms with Crippen molar-refractivity contribution < 1.29 is 4.74 Å². The first-order valence-electron chi connectivity index (χ1n) is 5.36. The van der Waals surface area contributed by atoms with Gasteiger partial charge in [-0.05, 0) is 25.1 Å². The zero-order valence-electron chi connectivity index (χ0n) is 9.31. The monoisotopic (exact) mass is 217 g/mol. The predicted octanol–water partition coefficient (Wildman–Crippen LogP) is 1.37. The van der Waals surface area contributed by atoms with Crippen molar-refractivity contribution in [3.8, 4) is 6.07 Å². The molecule has 1 aromatic rings. The molecule has 2 N–H and O–H groups in total. The molecule has 0 spiro atoms. The molecule has 1 heterocycles. The third kappa shape index (κ3) is 1.95. The second kappa shape index (κ2) is 4.42. The minimum absolute atomic E-state index is 0.337. The molecule has 4 nitrogen and oxygen atoms in total. The van der Waals surface area contributed by atoms with Gasteiger partial charge in [-0.1, -0.05) is 0 Å². The first-order chi connectivity index (χ1) is 7.72. The summed E-state index contributed by atoms with van der Waals surface area (Å²) in [6.07, 6.45) is 0. The van der Waals surface area contributed by atoms with Crippen LogP contribution in [0.3, 0.4) is 0 Å². The van der Waals surface area contributed by atoms with Crippen molar-refractivity contribution in [3.05, 3.63) is 23.8 Å². The Hall–Kier alpha value is -1.73. The van der Waals surface area contributed by atoms with Crippen molar-refractivity contribution in [2.75, 3.05) is 30.4 Å². The normalized spacial score (nSPS) is 20.5. The molecule has 2 rings (SSSR count). The van der Waals surface area contributed by atoms with Crippen molar-refractivity contribution in [1.82, 2.24) is 0 Å². The van der Waals surface area contributed by atoms with E-state index < -0.39 is 0 Å². The molecular formula is C12H15N3O. The summed E-state index contributed by atoms with van der Waals surface area (Å²) in [5.74, 6) is 0. The Labute approximate surface area is 95.2 Å². The van der Waals surface area contributed by atoms with Crippen LogP contribution in [0.2, 0.25) is 0 Å². The minimum Gasteiger partial charge on any atom is -0.398 e. The fraction of sp³-hybridized carbons (Fsp3) is 0.417. The van der Waals surface area contributed by atoms with Crippen LogP contribution >= 0.6 is 0 Å². The average Bonchev–Trinajstić information content (AvgIpc) is 2.31. The summed E-state index contributed by atoms with van der Waals surface area (Å²) in [5, 5.41) is 8.93. The highest BCUT2D eigenvalue weighted by Gasteiger charge is 2.19. The van der Waals surface area contributed by atoms with Gasteiger partial charge in [0, 0.05) is 24.0 Å². The van der Waals surface area contributed by atoms with Crippen LogP contribution in [0.25, 0.3) is 0 Å². The Bertz CT molecular complexity index is 425. The summed E-state index contributed by atoms with van der Waals surface area (Å²) < 4.78 is 5.38. The van der Waals surface area contributed by atoms with Gasteiger partial charge in [-0.2, -0.15) is 5.26 Å². The number of ether oxygens (including phenoxy) is 1. The standard InChI is InChI=1S/C12H15N3O/c1-9-8-16-5-4-15(9)11-2-3-12(14)10(6-11)7-13/h2-3,6,9H,4-5,8,14H2,1H3. The molecule has 0 radical (unpaired) electrons. The second-order valence-electron chi connectivity index (χ2n) is 4.00. The van der Waals surface area contributed by atoms with Gasteiger partial charge in [0.2, 0.25) is 0 Å². The smallest absolute Gasteiger partial charge is 0.101 e. The summed E-state index contributed by atoms with van der Waals surface area (Å²) in [6, 6.07) is 8.03. The van der Waals surface area contributed by atoms with E-state index in [9.17, 15) is 0 Å². The molecular weight excluding hydrogens is 202 g/mol. The molecule has 0 aromatic heterocycles. The van der Waals surface area contributed by atoms with Crippen LogP contribution in [-0.4, -0.2) is 25.8 Å². The lowest BCUT2D eigenvalue weighted by Crippen LogP contribution is -2.43. The van der Waals surface area contributed by atoms with E-state index in [4.69, 9.17) is 15.7 Å². The zero-order chi connectivity index (χ0) is 11.5. The molecule has 0 amide bonds. The number of nitrogens with two attached hydrogens (primary N) is 1. The summed E-state index contributed by atoms with van der Waals surface area (Å²) in [6.45, 7) is 4.43. The molecule has 4 heteroatoms. The maximum Gasteiger partial charge on any atom is 0.101 e. The Morgan fingerprint density at radius 1 is 1.56 bits per heavy atom. The molecule has 1 fully saturated rings. The Morgan fingerprint density at radius 3 is 3.06 bits per heavy atom. The van der Waals surface area contributed by atoms with E-state index in [0.717, 1.165) is 25.4 Å². The molecule has 0 saturated carbocycles. The van der Waals surface area contributed by atoms with Gasteiger partial charge in [-0.25, -0.2) is 0 Å². The van der Waals surface area contributed by atoms with E-state index in [0.29, 0.717) is 17.3 Å². The molecule has 1 saturated heterocycles. The third-order valence-electron chi connectivity index (χ3n) is 2.86. The van der Waals surface area contributed by atoms with Gasteiger partial charge in [-0.3, -0.25) is 0 Å². The number of rotatable bonds is 1. The zero-order valence-corrected chi connectivity index (χ0v) is 9.31. The van der Waals surface area contributed by atoms with Gasteiger partial charge < -0.3 is 15.4 Å². The number of hydrogen-bond acceptors (Lipinski definition) is 4. The van der Waals surface area contributed by atoms with Crippen LogP contribution in [0.4, 0.5) is 11.4 Å². The first-order valence-corrected chi connectivity index (χ1v) is 5.36. The highest BCUT2D eigenvalue weighted by atomic mass is 16.5. The number of nitrogen functional groups attached to an aromatic ring is 1. The molecule has 0 aliphatic carbocycles. The van der Waals surface area contributed by atoms with Gasteiger partial charge in [-0.15, -0.1) is 0 Å². The van der Waals surface area contributed by atoms with Gasteiger partial charge in [0.15, 0.2) is 0 Å². The first kappa shape index (κ1) is 10.8. The van der Waals surface area contributed by atoms with Crippen molar-refractivity contribution in [3.63, 3.8) is 0 Å². The topological polar surface area (TPSA) is 62.3 Å². The summed E-state index contributed by atoms with van der Waals surface area (Å²) >= 11 is 0. The molecule has 1 aliphatic rings. The number of nitrogens with zero attached hydrogens (tertiary/aromatic N) is 2. The summed E-state index contributed by atoms with van der Waals surface area (Å²) in [7, 11) is 0. The third-order valence-corrected chi connectivity index (χ3v) is 2.86. The maximum absolute atomic E-state index is 8.93. The average molecular weight is 217 g/mol. The van der Waals surface area contributed by atoms with Crippen LogP contribution < -0.4 is 10.6 Å². The largest absolute Gasteiger partial charge is 0.398 e. The fourth-order valence-electron chi connectivity index (χ4n) is 1.93. The number of morpholine rings is 1. The van der Waals surface area contributed by atoms with E-state index in [-0.39, 0.29) is 0 Å². The SMILES string of the molecule is CC1COCCN1c1ccc(N)c(C#N)c1. The molecule has 84 valence electrons. The molecule has 16 heavy (non-hydrogen) atoms. The van der Waals surface area contributed by atoms with Crippen molar-refractivity contribution in [1.29, 1.82) is 5.26 Å². The van der Waals surface area contributed by atoms with Gasteiger partial charge in [0.1, 0.15) is 6.07 Å². The predicted molar refractivity (Wildman–Crippen MR) is 63.2 cm³/mol. The molecule has 0 bridgehead atoms. The van der Waals surface area contributed by atoms with Crippen LogP contribution in [-0.2, 0) is 4.74 Å². The summed E-state index contributed by atoms with van der Waals surface area (Å²) in [4.78, 5) is 2.24.